The van der Waals surface area contributed by atoms with Gasteiger partial charge in [-0.2, -0.15) is 0 Å². The predicted octanol–water partition coefficient (Wildman–Crippen LogP) is 3.80. The van der Waals surface area contributed by atoms with Crippen LogP contribution in [-0.2, 0) is 6.54 Å². The Morgan fingerprint density at radius 2 is 2.13 bits per heavy atom. The number of nitrogens with zero attached hydrogens (tertiary/aromatic N) is 4. The minimum Gasteiger partial charge on any atom is -0.347 e. The van der Waals surface area contributed by atoms with Gasteiger partial charge in [0, 0.05) is 35.9 Å². The summed E-state index contributed by atoms with van der Waals surface area (Å²) in [7, 11) is 0. The zero-order chi connectivity index (χ0) is 16.0. The molecule has 1 saturated heterocycles. The fourth-order valence-corrected chi connectivity index (χ4v) is 4.81. The van der Waals surface area contributed by atoms with Gasteiger partial charge < -0.3 is 9.47 Å². The van der Waals surface area contributed by atoms with E-state index in [1.807, 2.05) is 24.0 Å². The zero-order valence-electron chi connectivity index (χ0n) is 13.8. The number of pyridine rings is 1. The first kappa shape index (κ1) is 14.8. The van der Waals surface area contributed by atoms with Gasteiger partial charge in [0.05, 0.1) is 11.7 Å². The third-order valence-corrected chi connectivity index (χ3v) is 5.84. The molecule has 0 N–H and O–H groups in total. The smallest absolute Gasteiger partial charge is 0.160 e. The first-order chi connectivity index (χ1) is 11.2. The maximum atomic E-state index is 5.04. The lowest BCUT2D eigenvalue weighted by Gasteiger charge is -2.28. The van der Waals surface area contributed by atoms with E-state index in [0.29, 0.717) is 5.25 Å². The summed E-state index contributed by atoms with van der Waals surface area (Å²) in [6.07, 6.45) is 1.87. The van der Waals surface area contributed by atoms with Gasteiger partial charge in [0.15, 0.2) is 5.17 Å². The van der Waals surface area contributed by atoms with Crippen LogP contribution in [0.25, 0.3) is 0 Å². The number of hydrogen-bond donors (Lipinski definition) is 0. The van der Waals surface area contributed by atoms with Gasteiger partial charge in [-0.1, -0.05) is 24.8 Å². The Kier molecular flexibility index (Phi) is 3.68. The van der Waals surface area contributed by atoms with Crippen molar-refractivity contribution >= 4 is 16.9 Å². The second kappa shape index (κ2) is 5.71. The quantitative estimate of drug-likeness (QED) is 0.860. The molecule has 2 aromatic heterocycles. The van der Waals surface area contributed by atoms with E-state index in [1.54, 1.807) is 0 Å². The minimum atomic E-state index is 0.0887. The van der Waals surface area contributed by atoms with E-state index >= 15 is 0 Å². The molecule has 4 rings (SSSR count). The molecule has 3 unspecified atom stereocenters. The molecule has 0 aromatic carbocycles. The molecule has 2 aliphatic rings. The Hall–Kier alpha value is -1.75. The SMILES string of the molecule is CCn1c(C)ccc1C1C(c2ccccn2)N=C2SC(C)CN21. The Balaban J connectivity index is 1.81. The summed E-state index contributed by atoms with van der Waals surface area (Å²) in [4.78, 5) is 12.1. The molecule has 23 heavy (non-hydrogen) atoms. The lowest BCUT2D eigenvalue weighted by Crippen LogP contribution is -2.30. The first-order valence-electron chi connectivity index (χ1n) is 8.27. The Labute approximate surface area is 141 Å². The van der Waals surface area contributed by atoms with Crippen molar-refractivity contribution in [3.05, 3.63) is 53.6 Å². The molecule has 4 nitrogen and oxygen atoms in total. The molecular formula is C18H22N4S. The number of hydrogen-bond acceptors (Lipinski definition) is 4. The molecule has 0 saturated carbocycles. The van der Waals surface area contributed by atoms with Crippen LogP contribution >= 0.6 is 11.8 Å². The monoisotopic (exact) mass is 326 g/mol. The summed E-state index contributed by atoms with van der Waals surface area (Å²) in [6.45, 7) is 8.73. The molecule has 5 heteroatoms. The summed E-state index contributed by atoms with van der Waals surface area (Å²) in [5, 5.41) is 1.78. The average Bonchev–Trinajstić information content (AvgIpc) is 3.19. The molecule has 0 aliphatic carbocycles. The lowest BCUT2D eigenvalue weighted by atomic mass is 10.0. The summed E-state index contributed by atoms with van der Waals surface area (Å²) in [6, 6.07) is 11.0. The molecule has 0 radical (unpaired) electrons. The first-order valence-corrected chi connectivity index (χ1v) is 9.15. The van der Waals surface area contributed by atoms with Gasteiger partial charge in [-0.15, -0.1) is 0 Å². The van der Waals surface area contributed by atoms with Crippen LogP contribution in [0.5, 0.6) is 0 Å². The third kappa shape index (κ3) is 2.38. The topological polar surface area (TPSA) is 33.4 Å². The Morgan fingerprint density at radius 1 is 1.26 bits per heavy atom. The summed E-state index contributed by atoms with van der Waals surface area (Å²) >= 11 is 1.89. The van der Waals surface area contributed by atoms with E-state index in [9.17, 15) is 0 Å². The van der Waals surface area contributed by atoms with Crippen LogP contribution in [0.4, 0.5) is 0 Å². The van der Waals surface area contributed by atoms with Crippen molar-refractivity contribution < 1.29 is 0 Å². The van der Waals surface area contributed by atoms with Crippen LogP contribution in [0.2, 0.25) is 0 Å². The van der Waals surface area contributed by atoms with E-state index in [4.69, 9.17) is 4.99 Å². The van der Waals surface area contributed by atoms with Gasteiger partial charge in [0.25, 0.3) is 0 Å². The molecule has 2 aromatic rings. The van der Waals surface area contributed by atoms with Gasteiger partial charge in [0.1, 0.15) is 6.04 Å². The molecule has 0 bridgehead atoms. The fourth-order valence-electron chi connectivity index (χ4n) is 3.72. The largest absolute Gasteiger partial charge is 0.347 e. The zero-order valence-corrected chi connectivity index (χ0v) is 14.6. The number of rotatable bonds is 3. The molecule has 4 heterocycles. The van der Waals surface area contributed by atoms with Crippen molar-refractivity contribution in [2.45, 2.75) is 44.6 Å². The third-order valence-electron chi connectivity index (χ3n) is 4.73. The molecule has 0 spiro atoms. The van der Waals surface area contributed by atoms with Crippen molar-refractivity contribution in [2.75, 3.05) is 6.54 Å². The van der Waals surface area contributed by atoms with E-state index < -0.39 is 0 Å². The number of fused-ring (bicyclic) bond motifs is 1. The standard InChI is InChI=1S/C18H22N4S/c1-4-21-12(2)8-9-15(21)17-16(14-7-5-6-10-19-14)20-18-22(17)11-13(3)23-18/h5-10,13,16-17H,4,11H2,1-3H3. The normalized spacial score (nSPS) is 26.5. The highest BCUT2D eigenvalue weighted by Crippen LogP contribution is 2.47. The Bertz CT molecular complexity index is 737. The van der Waals surface area contributed by atoms with Crippen molar-refractivity contribution in [3.63, 3.8) is 0 Å². The second-order valence-corrected chi connectivity index (χ2v) is 7.69. The van der Waals surface area contributed by atoms with Crippen molar-refractivity contribution in [1.82, 2.24) is 14.5 Å². The second-order valence-electron chi connectivity index (χ2n) is 6.28. The summed E-state index contributed by atoms with van der Waals surface area (Å²) in [5.41, 5.74) is 3.74. The summed E-state index contributed by atoms with van der Waals surface area (Å²) in [5.74, 6) is 0. The minimum absolute atomic E-state index is 0.0887. The predicted molar refractivity (Wildman–Crippen MR) is 95.8 cm³/mol. The van der Waals surface area contributed by atoms with Crippen LogP contribution in [0, 0.1) is 6.92 Å². The van der Waals surface area contributed by atoms with E-state index in [2.05, 4.69) is 59.5 Å². The van der Waals surface area contributed by atoms with Gasteiger partial charge >= 0.3 is 0 Å². The average molecular weight is 326 g/mol. The van der Waals surface area contributed by atoms with E-state index in [-0.39, 0.29) is 12.1 Å². The van der Waals surface area contributed by atoms with Crippen LogP contribution in [-0.4, -0.2) is 31.4 Å². The molecule has 1 fully saturated rings. The van der Waals surface area contributed by atoms with E-state index in [1.165, 1.54) is 16.6 Å². The van der Waals surface area contributed by atoms with Crippen molar-refractivity contribution in [3.8, 4) is 0 Å². The molecule has 3 atom stereocenters. The van der Waals surface area contributed by atoms with Gasteiger partial charge in [-0.05, 0) is 38.1 Å². The maximum Gasteiger partial charge on any atom is 0.160 e. The van der Waals surface area contributed by atoms with Crippen molar-refractivity contribution in [1.29, 1.82) is 0 Å². The summed E-state index contributed by atoms with van der Waals surface area (Å²) < 4.78 is 2.41. The molecule has 0 amide bonds. The molecular weight excluding hydrogens is 304 g/mol. The number of aryl methyl sites for hydroxylation is 1. The number of aromatic nitrogens is 2. The van der Waals surface area contributed by atoms with E-state index in [0.717, 1.165) is 18.8 Å². The van der Waals surface area contributed by atoms with Gasteiger partial charge in [-0.3, -0.25) is 9.98 Å². The number of aliphatic imine (C=N–C) groups is 1. The highest BCUT2D eigenvalue weighted by atomic mass is 32.2. The number of amidine groups is 1. The van der Waals surface area contributed by atoms with Gasteiger partial charge in [0.2, 0.25) is 0 Å². The maximum absolute atomic E-state index is 5.04. The van der Waals surface area contributed by atoms with Crippen LogP contribution in [0.1, 0.15) is 43.0 Å². The van der Waals surface area contributed by atoms with Crippen LogP contribution in [0.15, 0.2) is 41.5 Å². The van der Waals surface area contributed by atoms with Gasteiger partial charge in [-0.25, -0.2) is 0 Å². The van der Waals surface area contributed by atoms with Crippen LogP contribution < -0.4 is 0 Å². The van der Waals surface area contributed by atoms with Crippen LogP contribution in [0.3, 0.4) is 0 Å². The lowest BCUT2D eigenvalue weighted by molar-refractivity contribution is 0.306. The molecule has 2 aliphatic heterocycles. The molecule has 120 valence electrons. The fraction of sp³-hybridized carbons (Fsp3) is 0.444. The number of thioether (sulfide) groups is 1. The Morgan fingerprint density at radius 3 is 2.87 bits per heavy atom. The van der Waals surface area contributed by atoms with Crippen molar-refractivity contribution in [2.24, 2.45) is 4.99 Å². The highest BCUT2D eigenvalue weighted by Gasteiger charge is 2.44. The highest BCUT2D eigenvalue weighted by molar-refractivity contribution is 8.14.